The molecule has 1 radical (unpaired) electrons. The molecule has 0 atom stereocenters. The SMILES string of the molecule is C#C[CH]c1ccccc1C. The van der Waals surface area contributed by atoms with Gasteiger partial charge in [0.15, 0.2) is 0 Å². The minimum atomic E-state index is 1.13. The Balaban J connectivity index is 2.94. The Morgan fingerprint density at radius 2 is 2.10 bits per heavy atom. The number of benzene rings is 1. The molecule has 0 aromatic heterocycles. The summed E-state index contributed by atoms with van der Waals surface area (Å²) in [6.07, 6.45) is 6.90. The van der Waals surface area contributed by atoms with Crippen LogP contribution in [0.4, 0.5) is 0 Å². The second-order valence-electron chi connectivity index (χ2n) is 2.17. The molecule has 10 heavy (non-hydrogen) atoms. The van der Waals surface area contributed by atoms with E-state index < -0.39 is 0 Å². The third-order valence-corrected chi connectivity index (χ3v) is 1.43. The van der Waals surface area contributed by atoms with E-state index in [0.29, 0.717) is 0 Å². The summed E-state index contributed by atoms with van der Waals surface area (Å²) in [5.74, 6) is 2.50. The minimum Gasteiger partial charge on any atom is -0.119 e. The highest BCUT2D eigenvalue weighted by Crippen LogP contribution is 2.07. The van der Waals surface area contributed by atoms with Crippen LogP contribution in [0.1, 0.15) is 11.1 Å². The van der Waals surface area contributed by atoms with Crippen molar-refractivity contribution in [2.45, 2.75) is 6.92 Å². The van der Waals surface area contributed by atoms with Crippen molar-refractivity contribution in [2.75, 3.05) is 0 Å². The number of rotatable bonds is 1. The highest BCUT2D eigenvalue weighted by Gasteiger charge is 1.91. The lowest BCUT2D eigenvalue weighted by molar-refractivity contribution is 1.39. The van der Waals surface area contributed by atoms with Crippen LogP contribution < -0.4 is 0 Å². The Labute approximate surface area is 61.9 Å². The molecule has 49 valence electrons. The Kier molecular flexibility index (Phi) is 2.12. The molecule has 0 heterocycles. The minimum absolute atomic E-state index is 1.13. The van der Waals surface area contributed by atoms with Crippen molar-refractivity contribution in [1.82, 2.24) is 0 Å². The molecular weight excluding hydrogens is 120 g/mol. The van der Waals surface area contributed by atoms with Crippen LogP contribution in [0.2, 0.25) is 0 Å². The fourth-order valence-corrected chi connectivity index (χ4v) is 0.839. The lowest BCUT2D eigenvalue weighted by Gasteiger charge is -1.97. The van der Waals surface area contributed by atoms with Gasteiger partial charge in [0, 0.05) is 0 Å². The fourth-order valence-electron chi connectivity index (χ4n) is 0.839. The lowest BCUT2D eigenvalue weighted by atomic mass is 10.1. The van der Waals surface area contributed by atoms with E-state index in [1.807, 2.05) is 31.2 Å². The molecule has 0 aliphatic carbocycles. The van der Waals surface area contributed by atoms with Crippen molar-refractivity contribution < 1.29 is 0 Å². The van der Waals surface area contributed by atoms with Crippen molar-refractivity contribution in [2.24, 2.45) is 0 Å². The molecule has 0 spiro atoms. The first kappa shape index (κ1) is 6.89. The van der Waals surface area contributed by atoms with Crippen molar-refractivity contribution in [3.63, 3.8) is 0 Å². The lowest BCUT2D eigenvalue weighted by Crippen LogP contribution is -1.82. The third kappa shape index (κ3) is 1.39. The molecule has 0 unspecified atom stereocenters. The second kappa shape index (κ2) is 3.08. The summed E-state index contributed by atoms with van der Waals surface area (Å²) in [7, 11) is 0. The van der Waals surface area contributed by atoms with E-state index in [2.05, 4.69) is 5.92 Å². The molecule has 0 aliphatic rings. The van der Waals surface area contributed by atoms with Crippen LogP contribution in [-0.4, -0.2) is 0 Å². The van der Waals surface area contributed by atoms with Gasteiger partial charge in [0.1, 0.15) is 0 Å². The molecule has 0 amide bonds. The van der Waals surface area contributed by atoms with Gasteiger partial charge in [0.25, 0.3) is 0 Å². The van der Waals surface area contributed by atoms with E-state index in [1.165, 1.54) is 5.56 Å². The average molecular weight is 129 g/mol. The monoisotopic (exact) mass is 129 g/mol. The first-order valence-corrected chi connectivity index (χ1v) is 3.19. The molecule has 1 aromatic rings. The maximum atomic E-state index is 5.12. The summed E-state index contributed by atoms with van der Waals surface area (Å²) in [4.78, 5) is 0. The van der Waals surface area contributed by atoms with E-state index in [9.17, 15) is 0 Å². The van der Waals surface area contributed by atoms with E-state index in [4.69, 9.17) is 6.42 Å². The van der Waals surface area contributed by atoms with Crippen LogP contribution >= 0.6 is 0 Å². The second-order valence-corrected chi connectivity index (χ2v) is 2.17. The van der Waals surface area contributed by atoms with Gasteiger partial charge in [0.2, 0.25) is 0 Å². The summed E-state index contributed by atoms with van der Waals surface area (Å²) in [6.45, 7) is 2.04. The van der Waals surface area contributed by atoms with Gasteiger partial charge in [0.05, 0.1) is 6.42 Å². The topological polar surface area (TPSA) is 0 Å². The molecule has 0 heteroatoms. The molecule has 0 fully saturated rings. The normalized spacial score (nSPS) is 8.80. The number of hydrogen-bond donors (Lipinski definition) is 0. The maximum Gasteiger partial charge on any atom is 0.0630 e. The summed E-state index contributed by atoms with van der Waals surface area (Å²) >= 11 is 0. The van der Waals surface area contributed by atoms with Gasteiger partial charge in [-0.05, 0) is 18.1 Å². The van der Waals surface area contributed by atoms with Crippen molar-refractivity contribution in [1.29, 1.82) is 0 Å². The van der Waals surface area contributed by atoms with Gasteiger partial charge >= 0.3 is 0 Å². The van der Waals surface area contributed by atoms with E-state index >= 15 is 0 Å². The van der Waals surface area contributed by atoms with Gasteiger partial charge in [-0.15, -0.1) is 6.42 Å². The quantitative estimate of drug-likeness (QED) is 0.510. The molecular formula is C10H9. The van der Waals surface area contributed by atoms with E-state index in [1.54, 1.807) is 6.42 Å². The summed E-state index contributed by atoms with van der Waals surface area (Å²) in [5.41, 5.74) is 2.35. The Morgan fingerprint density at radius 3 is 2.70 bits per heavy atom. The first-order valence-electron chi connectivity index (χ1n) is 3.19. The highest BCUT2D eigenvalue weighted by molar-refractivity contribution is 5.37. The van der Waals surface area contributed by atoms with Crippen molar-refractivity contribution >= 4 is 0 Å². The summed E-state index contributed by atoms with van der Waals surface area (Å²) in [6, 6.07) is 8.04. The van der Waals surface area contributed by atoms with Crippen LogP contribution in [-0.2, 0) is 0 Å². The van der Waals surface area contributed by atoms with Crippen LogP contribution in [0, 0.1) is 25.7 Å². The van der Waals surface area contributed by atoms with Crippen molar-refractivity contribution in [3.05, 3.63) is 41.8 Å². The molecule has 0 aliphatic heterocycles. The maximum absolute atomic E-state index is 5.12. The largest absolute Gasteiger partial charge is 0.119 e. The van der Waals surface area contributed by atoms with Crippen molar-refractivity contribution in [3.8, 4) is 12.3 Å². The van der Waals surface area contributed by atoms with Gasteiger partial charge in [-0.25, -0.2) is 0 Å². The first-order chi connectivity index (χ1) is 4.84. The summed E-state index contributed by atoms with van der Waals surface area (Å²) < 4.78 is 0. The molecule has 1 aromatic carbocycles. The number of hydrogen-bond acceptors (Lipinski definition) is 0. The summed E-state index contributed by atoms with van der Waals surface area (Å²) in [5, 5.41) is 0. The Morgan fingerprint density at radius 1 is 1.40 bits per heavy atom. The van der Waals surface area contributed by atoms with Crippen LogP contribution in [0.25, 0.3) is 0 Å². The van der Waals surface area contributed by atoms with Crippen LogP contribution in [0.15, 0.2) is 24.3 Å². The zero-order valence-electron chi connectivity index (χ0n) is 5.96. The zero-order valence-corrected chi connectivity index (χ0v) is 5.96. The Hall–Kier alpha value is -1.22. The van der Waals surface area contributed by atoms with Crippen LogP contribution in [0.5, 0.6) is 0 Å². The average Bonchev–Trinajstić information content (AvgIpc) is 1.94. The Bertz CT molecular complexity index is 253. The highest BCUT2D eigenvalue weighted by atomic mass is 14.0. The smallest absolute Gasteiger partial charge is 0.0630 e. The zero-order chi connectivity index (χ0) is 7.40. The molecule has 0 N–H and O–H groups in total. The number of terminal acetylenes is 1. The number of aryl methyl sites for hydroxylation is 1. The van der Waals surface area contributed by atoms with Gasteiger partial charge in [-0.1, -0.05) is 30.2 Å². The molecule has 0 nitrogen and oxygen atoms in total. The molecule has 0 bridgehead atoms. The fraction of sp³-hybridized carbons (Fsp3) is 0.100. The predicted octanol–water partition coefficient (Wildman–Crippen LogP) is 2.18. The van der Waals surface area contributed by atoms with E-state index in [-0.39, 0.29) is 0 Å². The van der Waals surface area contributed by atoms with Gasteiger partial charge < -0.3 is 0 Å². The van der Waals surface area contributed by atoms with Gasteiger partial charge in [-0.3, -0.25) is 0 Å². The van der Waals surface area contributed by atoms with Crippen LogP contribution in [0.3, 0.4) is 0 Å². The molecule has 1 rings (SSSR count). The van der Waals surface area contributed by atoms with E-state index in [0.717, 1.165) is 5.56 Å². The third-order valence-electron chi connectivity index (χ3n) is 1.43. The predicted molar refractivity (Wildman–Crippen MR) is 43.4 cm³/mol. The molecule has 0 saturated carbocycles. The standard InChI is InChI=1S/C10H9/c1-3-6-10-8-5-4-7-9(10)2/h1,4-8H,2H3. The van der Waals surface area contributed by atoms with Gasteiger partial charge in [-0.2, -0.15) is 0 Å². The molecule has 0 saturated heterocycles.